The molecule has 1 amide bonds. The number of ether oxygens (including phenoxy) is 2. The highest BCUT2D eigenvalue weighted by atomic mass is 35.5. The third-order valence-corrected chi connectivity index (χ3v) is 3.32. The molecule has 1 fully saturated rings. The second-order valence-corrected chi connectivity index (χ2v) is 4.86. The molecule has 0 bridgehead atoms. The van der Waals surface area contributed by atoms with Gasteiger partial charge in [0.25, 0.3) is 0 Å². The van der Waals surface area contributed by atoms with Crippen LogP contribution in [0.25, 0.3) is 0 Å². The Kier molecular flexibility index (Phi) is 5.34. The first kappa shape index (κ1) is 15.2. The molecule has 1 aliphatic rings. The van der Waals surface area contributed by atoms with Gasteiger partial charge in [0.2, 0.25) is 5.91 Å². The van der Waals surface area contributed by atoms with Gasteiger partial charge in [-0.25, -0.2) is 4.39 Å². The molecule has 1 aromatic carbocycles. The summed E-state index contributed by atoms with van der Waals surface area (Å²) in [6, 6.07) is 4.27. The first-order valence-corrected chi connectivity index (χ1v) is 7.01. The normalized spacial score (nSPS) is 16.1. The van der Waals surface area contributed by atoms with Crippen LogP contribution in [-0.2, 0) is 14.3 Å². The minimum Gasteiger partial charge on any atom is -0.351 e. The molecule has 20 heavy (non-hydrogen) atoms. The molecule has 0 aromatic heterocycles. The van der Waals surface area contributed by atoms with E-state index in [0.717, 1.165) is 6.42 Å². The zero-order valence-electron chi connectivity index (χ0n) is 11.3. The molecule has 2 rings (SSSR count). The summed E-state index contributed by atoms with van der Waals surface area (Å²) >= 11 is 5.65. The molecular weight excluding hydrogens is 285 g/mol. The van der Waals surface area contributed by atoms with Gasteiger partial charge in [-0.15, -0.1) is 11.6 Å². The van der Waals surface area contributed by atoms with E-state index in [-0.39, 0.29) is 24.1 Å². The van der Waals surface area contributed by atoms with Crippen LogP contribution in [0.3, 0.4) is 0 Å². The number of nitrogens with zero attached hydrogens (tertiary/aromatic N) is 1. The van der Waals surface area contributed by atoms with Gasteiger partial charge < -0.3 is 14.4 Å². The molecule has 0 radical (unpaired) electrons. The average molecular weight is 302 g/mol. The van der Waals surface area contributed by atoms with Gasteiger partial charge in [0.1, 0.15) is 11.7 Å². The molecule has 0 atom stereocenters. The number of carbonyl (C=O) groups excluding carboxylic acids is 1. The van der Waals surface area contributed by atoms with Gasteiger partial charge in [0.15, 0.2) is 6.29 Å². The van der Waals surface area contributed by atoms with Crippen LogP contribution in [0.2, 0.25) is 0 Å². The van der Waals surface area contributed by atoms with E-state index in [1.54, 1.807) is 13.0 Å². The van der Waals surface area contributed by atoms with Gasteiger partial charge >= 0.3 is 0 Å². The van der Waals surface area contributed by atoms with Crippen LogP contribution < -0.4 is 4.90 Å². The summed E-state index contributed by atoms with van der Waals surface area (Å²) in [5.41, 5.74) is 1.29. The average Bonchev–Trinajstić information content (AvgIpc) is 2.46. The van der Waals surface area contributed by atoms with E-state index in [1.807, 2.05) is 0 Å². The van der Waals surface area contributed by atoms with E-state index in [1.165, 1.54) is 17.0 Å². The van der Waals surface area contributed by atoms with Gasteiger partial charge in [0.05, 0.1) is 19.8 Å². The van der Waals surface area contributed by atoms with Crippen molar-refractivity contribution in [2.45, 2.75) is 19.6 Å². The number of anilines is 1. The SMILES string of the molecule is Cc1cc(F)ccc1N(CC1OCCCO1)C(=O)CCl. The Bertz CT molecular complexity index is 477. The first-order valence-electron chi connectivity index (χ1n) is 6.47. The van der Waals surface area contributed by atoms with Crippen LogP contribution >= 0.6 is 11.6 Å². The van der Waals surface area contributed by atoms with E-state index >= 15 is 0 Å². The van der Waals surface area contributed by atoms with Gasteiger partial charge in [-0.2, -0.15) is 0 Å². The molecule has 0 spiro atoms. The minimum absolute atomic E-state index is 0.149. The Morgan fingerprint density at radius 2 is 2.15 bits per heavy atom. The van der Waals surface area contributed by atoms with E-state index in [4.69, 9.17) is 21.1 Å². The molecule has 0 N–H and O–H groups in total. The molecule has 4 nitrogen and oxygen atoms in total. The largest absolute Gasteiger partial charge is 0.351 e. The molecule has 0 unspecified atom stereocenters. The maximum Gasteiger partial charge on any atom is 0.242 e. The lowest BCUT2D eigenvalue weighted by molar-refractivity contribution is -0.173. The van der Waals surface area contributed by atoms with Crippen molar-refractivity contribution in [3.05, 3.63) is 29.6 Å². The molecule has 1 aromatic rings. The molecule has 1 heterocycles. The second kappa shape index (κ2) is 7.02. The number of benzene rings is 1. The number of rotatable bonds is 4. The van der Waals surface area contributed by atoms with Crippen molar-refractivity contribution in [1.82, 2.24) is 0 Å². The number of hydrogen-bond acceptors (Lipinski definition) is 3. The molecular formula is C14H17ClFNO3. The fraction of sp³-hybridized carbons (Fsp3) is 0.500. The third-order valence-electron chi connectivity index (χ3n) is 3.09. The lowest BCUT2D eigenvalue weighted by atomic mass is 10.1. The summed E-state index contributed by atoms with van der Waals surface area (Å²) < 4.78 is 24.1. The molecule has 0 saturated carbocycles. The summed E-state index contributed by atoms with van der Waals surface area (Å²) in [6.45, 7) is 3.21. The third kappa shape index (κ3) is 3.69. The number of hydrogen-bond donors (Lipinski definition) is 0. The van der Waals surface area contributed by atoms with Crippen LogP contribution in [0.4, 0.5) is 10.1 Å². The summed E-state index contributed by atoms with van der Waals surface area (Å²) in [6.07, 6.45) is 0.371. The quantitative estimate of drug-likeness (QED) is 0.802. The Balaban J connectivity index is 2.20. The van der Waals surface area contributed by atoms with Crippen molar-refractivity contribution < 1.29 is 18.7 Å². The predicted molar refractivity (Wildman–Crippen MR) is 74.5 cm³/mol. The number of aryl methyl sites for hydroxylation is 1. The Morgan fingerprint density at radius 3 is 2.75 bits per heavy atom. The Hall–Kier alpha value is -1.17. The maximum absolute atomic E-state index is 13.2. The highest BCUT2D eigenvalue weighted by Crippen LogP contribution is 2.23. The topological polar surface area (TPSA) is 38.8 Å². The van der Waals surface area contributed by atoms with Gasteiger partial charge in [-0.3, -0.25) is 4.79 Å². The number of alkyl halides is 1. The van der Waals surface area contributed by atoms with Crippen molar-refractivity contribution in [3.8, 4) is 0 Å². The van der Waals surface area contributed by atoms with Crippen LogP contribution in [0.5, 0.6) is 0 Å². The highest BCUT2D eigenvalue weighted by Gasteiger charge is 2.24. The monoisotopic (exact) mass is 301 g/mol. The summed E-state index contributed by atoms with van der Waals surface area (Å²) in [7, 11) is 0. The van der Waals surface area contributed by atoms with Crippen LogP contribution in [0, 0.1) is 12.7 Å². The first-order chi connectivity index (χ1) is 9.61. The zero-order chi connectivity index (χ0) is 14.5. The van der Waals surface area contributed by atoms with E-state index in [0.29, 0.717) is 24.5 Å². The minimum atomic E-state index is -0.472. The van der Waals surface area contributed by atoms with Crippen molar-refractivity contribution in [2.75, 3.05) is 30.5 Å². The number of halogens is 2. The second-order valence-electron chi connectivity index (χ2n) is 4.59. The van der Waals surface area contributed by atoms with Crippen molar-refractivity contribution in [2.24, 2.45) is 0 Å². The molecule has 110 valence electrons. The lowest BCUT2D eigenvalue weighted by Crippen LogP contribution is -2.42. The smallest absolute Gasteiger partial charge is 0.242 e. The number of carbonyl (C=O) groups is 1. The van der Waals surface area contributed by atoms with Crippen molar-refractivity contribution in [1.29, 1.82) is 0 Å². The zero-order valence-corrected chi connectivity index (χ0v) is 12.0. The lowest BCUT2D eigenvalue weighted by Gasteiger charge is -2.30. The molecule has 6 heteroatoms. The van der Waals surface area contributed by atoms with Crippen LogP contribution in [0.1, 0.15) is 12.0 Å². The van der Waals surface area contributed by atoms with Gasteiger partial charge in [0, 0.05) is 5.69 Å². The summed E-state index contributed by atoms with van der Waals surface area (Å²) in [5.74, 6) is -0.752. The predicted octanol–water partition coefficient (Wildman–Crippen LogP) is 2.47. The molecule has 0 aliphatic carbocycles. The van der Waals surface area contributed by atoms with E-state index in [9.17, 15) is 9.18 Å². The van der Waals surface area contributed by atoms with E-state index in [2.05, 4.69) is 0 Å². The summed E-state index contributed by atoms with van der Waals surface area (Å²) in [5, 5.41) is 0. The fourth-order valence-electron chi connectivity index (χ4n) is 2.12. The maximum atomic E-state index is 13.2. The fourth-order valence-corrected chi connectivity index (χ4v) is 2.26. The van der Waals surface area contributed by atoms with Crippen LogP contribution in [0.15, 0.2) is 18.2 Å². The standard InChI is InChI=1S/C14H17ClFNO3/c1-10-7-11(16)3-4-12(10)17(13(18)8-15)9-14-19-5-2-6-20-14/h3-4,7,14H,2,5-6,8-9H2,1H3. The Morgan fingerprint density at radius 1 is 1.45 bits per heavy atom. The van der Waals surface area contributed by atoms with Crippen molar-refractivity contribution >= 4 is 23.2 Å². The molecule has 1 aliphatic heterocycles. The number of amides is 1. The van der Waals surface area contributed by atoms with Crippen molar-refractivity contribution in [3.63, 3.8) is 0 Å². The Labute approximate surface area is 122 Å². The summed E-state index contributed by atoms with van der Waals surface area (Å²) in [4.78, 5) is 13.5. The highest BCUT2D eigenvalue weighted by molar-refractivity contribution is 6.29. The van der Waals surface area contributed by atoms with Gasteiger partial charge in [-0.05, 0) is 37.1 Å². The van der Waals surface area contributed by atoms with Gasteiger partial charge in [-0.1, -0.05) is 0 Å². The van der Waals surface area contributed by atoms with E-state index < -0.39 is 6.29 Å². The van der Waals surface area contributed by atoms with Crippen LogP contribution in [-0.4, -0.2) is 37.8 Å². The molecule has 1 saturated heterocycles.